The van der Waals surface area contributed by atoms with Crippen LogP contribution in [0.15, 0.2) is 77.6 Å². The van der Waals surface area contributed by atoms with E-state index in [0.29, 0.717) is 61.6 Å². The topological polar surface area (TPSA) is 103 Å². The number of hydrogen-bond acceptors (Lipinski definition) is 6. The number of phenols is 1. The third kappa shape index (κ3) is 6.77. The molecule has 0 aliphatic carbocycles. The van der Waals surface area contributed by atoms with Gasteiger partial charge in [-0.1, -0.05) is 42.5 Å². The van der Waals surface area contributed by atoms with Crippen LogP contribution in [0.4, 0.5) is 0 Å². The van der Waals surface area contributed by atoms with Gasteiger partial charge in [-0.25, -0.2) is 4.98 Å². The van der Waals surface area contributed by atoms with Crippen LogP contribution in [0.2, 0.25) is 0 Å². The summed E-state index contributed by atoms with van der Waals surface area (Å²) in [6.07, 6.45) is 0.337. The third-order valence-corrected chi connectivity index (χ3v) is 6.33. The van der Waals surface area contributed by atoms with E-state index >= 15 is 0 Å². The van der Waals surface area contributed by atoms with Crippen LogP contribution < -0.4 is 15.6 Å². The van der Waals surface area contributed by atoms with Crippen molar-refractivity contribution in [3.8, 4) is 11.5 Å². The van der Waals surface area contributed by atoms with Gasteiger partial charge in [0.15, 0.2) is 0 Å². The number of ether oxygens (including phenoxy) is 2. The van der Waals surface area contributed by atoms with Crippen LogP contribution in [-0.4, -0.2) is 46.4 Å². The summed E-state index contributed by atoms with van der Waals surface area (Å²) in [6.45, 7) is 5.21. The van der Waals surface area contributed by atoms with E-state index in [4.69, 9.17) is 9.47 Å². The van der Waals surface area contributed by atoms with Crippen LogP contribution in [0.25, 0.3) is 10.9 Å². The van der Waals surface area contributed by atoms with Gasteiger partial charge in [0.1, 0.15) is 30.0 Å². The van der Waals surface area contributed by atoms with Crippen LogP contribution in [0.1, 0.15) is 23.9 Å². The Labute approximate surface area is 221 Å². The van der Waals surface area contributed by atoms with Crippen LogP contribution in [0.3, 0.4) is 0 Å². The second-order valence-electron chi connectivity index (χ2n) is 8.94. The lowest BCUT2D eigenvalue weighted by Gasteiger charge is -2.17. The van der Waals surface area contributed by atoms with E-state index in [-0.39, 0.29) is 17.2 Å². The minimum atomic E-state index is -0.619. The van der Waals surface area contributed by atoms with Crippen molar-refractivity contribution in [1.29, 1.82) is 0 Å². The Kier molecular flexibility index (Phi) is 9.11. The first-order valence-corrected chi connectivity index (χ1v) is 12.8. The van der Waals surface area contributed by atoms with E-state index in [9.17, 15) is 14.7 Å². The minimum absolute atomic E-state index is 0.0761. The summed E-state index contributed by atoms with van der Waals surface area (Å²) in [5, 5.41) is 13.4. The number of phenolic OH excluding ortho intramolecular Hbond substituents is 1. The number of amides is 1. The molecule has 1 unspecified atom stereocenters. The Morgan fingerprint density at radius 3 is 2.55 bits per heavy atom. The maximum atomic E-state index is 12.8. The zero-order chi connectivity index (χ0) is 26.9. The average Bonchev–Trinajstić information content (AvgIpc) is 2.92. The molecule has 0 saturated carbocycles. The first-order chi connectivity index (χ1) is 18.5. The van der Waals surface area contributed by atoms with Gasteiger partial charge in [0.2, 0.25) is 5.91 Å². The highest BCUT2D eigenvalue weighted by atomic mass is 16.5. The number of carbonyl (C=O) groups excluding carboxylic acids is 1. The second kappa shape index (κ2) is 12.9. The van der Waals surface area contributed by atoms with Gasteiger partial charge in [0.25, 0.3) is 5.56 Å². The summed E-state index contributed by atoms with van der Waals surface area (Å²) in [5.41, 5.74) is 2.34. The summed E-state index contributed by atoms with van der Waals surface area (Å²) < 4.78 is 13.2. The number of aromatic hydroxyl groups is 1. The molecule has 8 nitrogen and oxygen atoms in total. The van der Waals surface area contributed by atoms with Crippen LogP contribution in [-0.2, 0) is 28.9 Å². The van der Waals surface area contributed by atoms with Crippen LogP contribution >= 0.6 is 0 Å². The van der Waals surface area contributed by atoms with E-state index in [2.05, 4.69) is 10.3 Å². The van der Waals surface area contributed by atoms with E-state index in [1.54, 1.807) is 22.8 Å². The lowest BCUT2D eigenvalue weighted by molar-refractivity contribution is -0.132. The fraction of sp³-hybridized carbons (Fsp3) is 0.300. The number of benzene rings is 3. The smallest absolute Gasteiger partial charge is 0.261 e. The largest absolute Gasteiger partial charge is 0.508 e. The predicted molar refractivity (Wildman–Crippen MR) is 147 cm³/mol. The van der Waals surface area contributed by atoms with E-state index in [1.807, 2.05) is 68.4 Å². The third-order valence-electron chi connectivity index (χ3n) is 6.33. The maximum Gasteiger partial charge on any atom is 0.261 e. The SMILES string of the molecule is CCOC(Cc1ccc(OCCn2c(C)nc3ccccc3c2=O)cc1)C(=O)NCCc1ccccc1O. The van der Waals surface area contributed by atoms with Gasteiger partial charge in [0, 0.05) is 19.6 Å². The molecule has 0 bridgehead atoms. The molecule has 4 rings (SSSR count). The molecule has 4 aromatic rings. The summed E-state index contributed by atoms with van der Waals surface area (Å²) in [7, 11) is 0. The standard InChI is InChI=1S/C30H33N3O5/c1-3-37-28(29(35)31-17-16-23-8-4-7-11-27(23)34)20-22-12-14-24(15-13-22)38-19-18-33-21(2)32-26-10-6-5-9-25(26)30(33)36/h4-15,28,34H,3,16-20H2,1-2H3,(H,31,35). The molecule has 1 heterocycles. The Morgan fingerprint density at radius 1 is 1.05 bits per heavy atom. The molecule has 1 atom stereocenters. The van der Waals surface area contributed by atoms with E-state index in [0.717, 1.165) is 11.1 Å². The summed E-state index contributed by atoms with van der Waals surface area (Å²) >= 11 is 0. The molecule has 0 aliphatic heterocycles. The molecular weight excluding hydrogens is 482 g/mol. The molecule has 1 aromatic heterocycles. The highest BCUT2D eigenvalue weighted by Crippen LogP contribution is 2.17. The van der Waals surface area contributed by atoms with Crippen molar-refractivity contribution in [2.45, 2.75) is 39.3 Å². The van der Waals surface area contributed by atoms with Crippen molar-refractivity contribution in [3.05, 3.63) is 100 Å². The fourth-order valence-corrected chi connectivity index (χ4v) is 4.32. The van der Waals surface area contributed by atoms with Crippen LogP contribution in [0, 0.1) is 6.92 Å². The lowest BCUT2D eigenvalue weighted by Crippen LogP contribution is -2.38. The van der Waals surface area contributed by atoms with Crippen molar-refractivity contribution in [2.75, 3.05) is 19.8 Å². The van der Waals surface area contributed by atoms with Crippen LogP contribution in [0.5, 0.6) is 11.5 Å². The van der Waals surface area contributed by atoms with E-state index < -0.39 is 6.10 Å². The number of nitrogens with one attached hydrogen (secondary N) is 1. The average molecular weight is 516 g/mol. The van der Waals surface area contributed by atoms with E-state index in [1.165, 1.54) is 0 Å². The molecule has 0 saturated heterocycles. The molecule has 3 aromatic carbocycles. The molecule has 8 heteroatoms. The predicted octanol–water partition coefficient (Wildman–Crippen LogP) is 3.80. The van der Waals surface area contributed by atoms with Gasteiger partial charge in [-0.3, -0.25) is 14.2 Å². The number of carbonyl (C=O) groups is 1. The summed E-state index contributed by atoms with van der Waals surface area (Å²) in [4.78, 5) is 30.1. The van der Waals surface area contributed by atoms with Gasteiger partial charge >= 0.3 is 0 Å². The van der Waals surface area contributed by atoms with Crippen molar-refractivity contribution in [1.82, 2.24) is 14.9 Å². The molecule has 0 radical (unpaired) electrons. The first-order valence-electron chi connectivity index (χ1n) is 12.8. The molecule has 0 aliphatic rings. The number of aryl methyl sites for hydroxylation is 1. The van der Waals surface area contributed by atoms with Gasteiger partial charge in [-0.05, 0) is 61.7 Å². The molecule has 0 spiro atoms. The number of nitrogens with zero attached hydrogens (tertiary/aromatic N) is 2. The Balaban J connectivity index is 1.29. The monoisotopic (exact) mass is 515 g/mol. The van der Waals surface area contributed by atoms with Crippen molar-refractivity contribution >= 4 is 16.8 Å². The van der Waals surface area contributed by atoms with Crippen molar-refractivity contribution < 1.29 is 19.4 Å². The van der Waals surface area contributed by atoms with Gasteiger partial charge < -0.3 is 19.9 Å². The number of para-hydroxylation sites is 2. The highest BCUT2D eigenvalue weighted by molar-refractivity contribution is 5.81. The number of rotatable bonds is 12. The Bertz CT molecular complexity index is 1430. The van der Waals surface area contributed by atoms with Gasteiger partial charge in [0.05, 0.1) is 17.4 Å². The molecule has 0 fully saturated rings. The highest BCUT2D eigenvalue weighted by Gasteiger charge is 2.19. The number of fused-ring (bicyclic) bond motifs is 1. The van der Waals surface area contributed by atoms with Crippen molar-refractivity contribution in [3.63, 3.8) is 0 Å². The van der Waals surface area contributed by atoms with Gasteiger partial charge in [-0.2, -0.15) is 0 Å². The maximum absolute atomic E-state index is 12.8. The molecular formula is C30H33N3O5. The number of aromatic nitrogens is 2. The summed E-state index contributed by atoms with van der Waals surface area (Å²) in [6, 6.07) is 21.9. The zero-order valence-corrected chi connectivity index (χ0v) is 21.7. The molecule has 38 heavy (non-hydrogen) atoms. The zero-order valence-electron chi connectivity index (χ0n) is 21.7. The number of hydrogen-bond donors (Lipinski definition) is 2. The quantitative estimate of drug-likeness (QED) is 0.298. The summed E-state index contributed by atoms with van der Waals surface area (Å²) in [5.74, 6) is 1.36. The first kappa shape index (κ1) is 26.9. The minimum Gasteiger partial charge on any atom is -0.508 e. The molecule has 198 valence electrons. The Hall–Kier alpha value is -4.17. The normalized spacial score (nSPS) is 11.8. The Morgan fingerprint density at radius 2 is 1.79 bits per heavy atom. The molecule has 1 amide bonds. The fourth-order valence-electron chi connectivity index (χ4n) is 4.32. The second-order valence-corrected chi connectivity index (χ2v) is 8.94. The van der Waals surface area contributed by atoms with Gasteiger partial charge in [-0.15, -0.1) is 0 Å². The molecule has 2 N–H and O–H groups in total. The lowest BCUT2D eigenvalue weighted by atomic mass is 10.1. The van der Waals surface area contributed by atoms with Crippen molar-refractivity contribution in [2.24, 2.45) is 0 Å².